The highest BCUT2D eigenvalue weighted by molar-refractivity contribution is 5.85. The molecule has 112 valence electrons. The Bertz CT molecular complexity index is 577. The van der Waals surface area contributed by atoms with Crippen LogP contribution in [0.5, 0.6) is 0 Å². The van der Waals surface area contributed by atoms with E-state index >= 15 is 0 Å². The largest absolute Gasteiger partial charge is 0.478 e. The average Bonchev–Trinajstić information content (AvgIpc) is 2.98. The van der Waals surface area contributed by atoms with Crippen molar-refractivity contribution in [2.75, 3.05) is 11.9 Å². The molecule has 0 amide bonds. The van der Waals surface area contributed by atoms with Crippen LogP contribution in [0.3, 0.4) is 0 Å². The van der Waals surface area contributed by atoms with Gasteiger partial charge in [-0.1, -0.05) is 18.9 Å². The van der Waals surface area contributed by atoms with E-state index < -0.39 is 10.9 Å². The molecule has 1 saturated carbocycles. The van der Waals surface area contributed by atoms with E-state index in [0.717, 1.165) is 31.8 Å². The lowest BCUT2D eigenvalue weighted by Gasteiger charge is -2.26. The van der Waals surface area contributed by atoms with Gasteiger partial charge in [0.1, 0.15) is 5.69 Å². The van der Waals surface area contributed by atoms with Crippen molar-refractivity contribution in [3.8, 4) is 0 Å². The van der Waals surface area contributed by atoms with E-state index in [1.165, 1.54) is 12.1 Å². The molecule has 1 fully saturated rings. The molecule has 6 heteroatoms. The molecular formula is C15H18N2O4. The SMILES string of the molecule is CN(c1ccc(/C=C/C(=O)O)cc1[N+](=O)[O-])C1CCCC1. The molecule has 0 aromatic heterocycles. The molecule has 0 aliphatic heterocycles. The number of nitro groups is 1. The van der Waals surface area contributed by atoms with Crippen molar-refractivity contribution in [2.45, 2.75) is 31.7 Å². The Kier molecular flexibility index (Phi) is 4.57. The summed E-state index contributed by atoms with van der Waals surface area (Å²) in [6.45, 7) is 0. The summed E-state index contributed by atoms with van der Waals surface area (Å²) in [6, 6.07) is 5.15. The summed E-state index contributed by atoms with van der Waals surface area (Å²) in [7, 11) is 1.88. The van der Waals surface area contributed by atoms with Crippen molar-refractivity contribution in [3.63, 3.8) is 0 Å². The molecule has 6 nitrogen and oxygen atoms in total. The van der Waals surface area contributed by atoms with Crippen LogP contribution in [0.25, 0.3) is 6.08 Å². The van der Waals surface area contributed by atoms with Crippen molar-refractivity contribution < 1.29 is 14.8 Å². The Morgan fingerprint density at radius 1 is 1.43 bits per heavy atom. The zero-order valence-corrected chi connectivity index (χ0v) is 11.9. The summed E-state index contributed by atoms with van der Waals surface area (Å²) in [5.41, 5.74) is 1.10. The molecule has 1 N–H and O–H groups in total. The number of hydrogen-bond acceptors (Lipinski definition) is 4. The van der Waals surface area contributed by atoms with E-state index in [4.69, 9.17) is 5.11 Å². The molecule has 0 heterocycles. The number of carboxylic acid groups (broad SMARTS) is 1. The number of carboxylic acids is 1. The summed E-state index contributed by atoms with van der Waals surface area (Å²) < 4.78 is 0. The second kappa shape index (κ2) is 6.39. The number of hydrogen-bond donors (Lipinski definition) is 1. The maximum Gasteiger partial charge on any atom is 0.328 e. The highest BCUT2D eigenvalue weighted by atomic mass is 16.6. The molecule has 0 unspecified atom stereocenters. The molecular weight excluding hydrogens is 272 g/mol. The van der Waals surface area contributed by atoms with Gasteiger partial charge in [-0.3, -0.25) is 10.1 Å². The lowest BCUT2D eigenvalue weighted by molar-refractivity contribution is -0.384. The van der Waals surface area contributed by atoms with Crippen molar-refractivity contribution in [3.05, 3.63) is 40.0 Å². The Morgan fingerprint density at radius 3 is 2.67 bits per heavy atom. The number of carbonyl (C=O) groups is 1. The van der Waals surface area contributed by atoms with Crippen LogP contribution in [0, 0.1) is 10.1 Å². The van der Waals surface area contributed by atoms with Crippen molar-refractivity contribution >= 4 is 23.4 Å². The fourth-order valence-corrected chi connectivity index (χ4v) is 2.74. The summed E-state index contributed by atoms with van der Waals surface area (Å²) in [5.74, 6) is -1.08. The van der Waals surface area contributed by atoms with Crippen molar-refractivity contribution in [1.82, 2.24) is 0 Å². The first-order valence-corrected chi connectivity index (χ1v) is 6.91. The second-order valence-electron chi connectivity index (χ2n) is 5.23. The van der Waals surface area contributed by atoms with Gasteiger partial charge in [0, 0.05) is 25.2 Å². The predicted octanol–water partition coefficient (Wildman–Crippen LogP) is 3.07. The van der Waals surface area contributed by atoms with Gasteiger partial charge < -0.3 is 10.0 Å². The van der Waals surface area contributed by atoms with Crippen LogP contribution in [0.1, 0.15) is 31.2 Å². The van der Waals surface area contributed by atoms with E-state index in [1.807, 2.05) is 11.9 Å². The molecule has 2 rings (SSSR count). The lowest BCUT2D eigenvalue weighted by Crippen LogP contribution is -2.29. The molecule has 0 atom stereocenters. The van der Waals surface area contributed by atoms with Crippen LogP contribution in [0.2, 0.25) is 0 Å². The predicted molar refractivity (Wildman–Crippen MR) is 80.4 cm³/mol. The minimum atomic E-state index is -1.08. The standard InChI is InChI=1S/C15H18N2O4/c1-16(12-4-2-3-5-12)13-8-6-11(7-9-15(18)19)10-14(13)17(20)21/h6-10,12H,2-5H2,1H3,(H,18,19)/b9-7+. The molecule has 21 heavy (non-hydrogen) atoms. The maximum absolute atomic E-state index is 11.3. The third-order valence-electron chi connectivity index (χ3n) is 3.87. The number of nitro benzene ring substituents is 1. The van der Waals surface area contributed by atoms with Gasteiger partial charge in [0.05, 0.1) is 4.92 Å². The van der Waals surface area contributed by atoms with Crippen LogP contribution in [0.15, 0.2) is 24.3 Å². The molecule has 0 spiro atoms. The van der Waals surface area contributed by atoms with Gasteiger partial charge in [0.25, 0.3) is 5.69 Å². The fourth-order valence-electron chi connectivity index (χ4n) is 2.74. The molecule has 1 aromatic rings. The van der Waals surface area contributed by atoms with Gasteiger partial charge in [0.15, 0.2) is 0 Å². The molecule has 0 saturated heterocycles. The Balaban J connectivity index is 2.32. The summed E-state index contributed by atoms with van der Waals surface area (Å²) in [5, 5.41) is 19.9. The molecule has 1 aliphatic rings. The van der Waals surface area contributed by atoms with Gasteiger partial charge in [-0.2, -0.15) is 0 Å². The quantitative estimate of drug-likeness (QED) is 0.512. The van der Waals surface area contributed by atoms with Gasteiger partial charge in [-0.25, -0.2) is 4.79 Å². The molecule has 1 aliphatic carbocycles. The van der Waals surface area contributed by atoms with Crippen LogP contribution < -0.4 is 4.90 Å². The normalized spacial score (nSPS) is 15.5. The average molecular weight is 290 g/mol. The molecule has 1 aromatic carbocycles. The molecule has 0 radical (unpaired) electrons. The maximum atomic E-state index is 11.3. The number of rotatable bonds is 5. The molecule has 0 bridgehead atoms. The Labute approximate surface area is 122 Å². The van der Waals surface area contributed by atoms with Gasteiger partial charge in [-0.05, 0) is 30.5 Å². The number of nitrogens with zero attached hydrogens (tertiary/aromatic N) is 2. The monoisotopic (exact) mass is 290 g/mol. The van der Waals surface area contributed by atoms with Crippen LogP contribution in [-0.4, -0.2) is 29.1 Å². The van der Waals surface area contributed by atoms with Gasteiger partial charge in [-0.15, -0.1) is 0 Å². The van der Waals surface area contributed by atoms with E-state index in [0.29, 0.717) is 17.3 Å². The Morgan fingerprint density at radius 2 is 2.10 bits per heavy atom. The van der Waals surface area contributed by atoms with Crippen LogP contribution in [-0.2, 0) is 4.79 Å². The van der Waals surface area contributed by atoms with Crippen molar-refractivity contribution in [2.24, 2.45) is 0 Å². The van der Waals surface area contributed by atoms with E-state index in [1.54, 1.807) is 12.1 Å². The fraction of sp³-hybridized carbons (Fsp3) is 0.400. The minimum absolute atomic E-state index is 0.0111. The van der Waals surface area contributed by atoms with E-state index in [2.05, 4.69) is 0 Å². The second-order valence-corrected chi connectivity index (χ2v) is 5.23. The zero-order chi connectivity index (χ0) is 15.4. The minimum Gasteiger partial charge on any atom is -0.478 e. The van der Waals surface area contributed by atoms with Gasteiger partial charge >= 0.3 is 5.97 Å². The summed E-state index contributed by atoms with van der Waals surface area (Å²) >= 11 is 0. The number of benzene rings is 1. The lowest BCUT2D eigenvalue weighted by atomic mass is 10.1. The third-order valence-corrected chi connectivity index (χ3v) is 3.87. The van der Waals surface area contributed by atoms with E-state index in [9.17, 15) is 14.9 Å². The summed E-state index contributed by atoms with van der Waals surface area (Å²) in [4.78, 5) is 23.3. The smallest absolute Gasteiger partial charge is 0.328 e. The van der Waals surface area contributed by atoms with Gasteiger partial charge in [0.2, 0.25) is 0 Å². The number of aliphatic carboxylic acids is 1. The van der Waals surface area contributed by atoms with Crippen LogP contribution in [0.4, 0.5) is 11.4 Å². The van der Waals surface area contributed by atoms with Crippen molar-refractivity contribution in [1.29, 1.82) is 0 Å². The summed E-state index contributed by atoms with van der Waals surface area (Å²) in [6.07, 6.45) is 6.74. The topological polar surface area (TPSA) is 83.7 Å². The van der Waals surface area contributed by atoms with Crippen LogP contribution >= 0.6 is 0 Å². The first-order valence-electron chi connectivity index (χ1n) is 6.91. The zero-order valence-electron chi connectivity index (χ0n) is 11.9. The van der Waals surface area contributed by atoms with E-state index in [-0.39, 0.29) is 5.69 Å². The third kappa shape index (κ3) is 3.59. The number of anilines is 1. The highest BCUT2D eigenvalue weighted by Crippen LogP contribution is 2.34. The highest BCUT2D eigenvalue weighted by Gasteiger charge is 2.25. The Hall–Kier alpha value is -2.37. The first-order chi connectivity index (χ1) is 9.99. The first kappa shape index (κ1) is 15.0.